The third-order valence-electron chi connectivity index (χ3n) is 4.80. The van der Waals surface area contributed by atoms with Crippen molar-refractivity contribution in [1.29, 1.82) is 0 Å². The summed E-state index contributed by atoms with van der Waals surface area (Å²) in [6.07, 6.45) is 3.28. The van der Waals surface area contributed by atoms with Gasteiger partial charge in [-0.25, -0.2) is 8.42 Å². The number of fused-ring (bicyclic) bond motifs is 1. The number of nitrogens with zero attached hydrogens (tertiary/aromatic N) is 4. The van der Waals surface area contributed by atoms with Crippen LogP contribution >= 0.6 is 0 Å². The summed E-state index contributed by atoms with van der Waals surface area (Å²) >= 11 is 0. The number of aromatic nitrogens is 3. The Labute approximate surface area is 157 Å². The fourth-order valence-corrected chi connectivity index (χ4v) is 5.31. The number of rotatable bonds is 5. The van der Waals surface area contributed by atoms with Gasteiger partial charge in [-0.3, -0.25) is 4.40 Å². The standard InChI is InChI=1S/C18H20N4O4S/c1-25-13-8-9-15(26-2)16(12-13)27(23,24)22-11-5-6-14(22)18-20-19-17-7-3-4-10-21(17)18/h3-4,7-10,12,14H,5-6,11H2,1-2H3/t14-/m1/s1. The molecule has 1 saturated heterocycles. The molecule has 0 spiro atoms. The summed E-state index contributed by atoms with van der Waals surface area (Å²) in [6, 6.07) is 9.97. The molecule has 0 saturated carbocycles. The minimum Gasteiger partial charge on any atom is -0.497 e. The number of hydrogen-bond donors (Lipinski definition) is 0. The molecule has 3 aromatic rings. The molecule has 0 unspecified atom stereocenters. The van der Waals surface area contributed by atoms with Crippen LogP contribution in [0.4, 0.5) is 0 Å². The summed E-state index contributed by atoms with van der Waals surface area (Å²) in [5, 5.41) is 8.42. The van der Waals surface area contributed by atoms with Crippen LogP contribution in [0.15, 0.2) is 47.5 Å². The lowest BCUT2D eigenvalue weighted by Crippen LogP contribution is -2.32. The van der Waals surface area contributed by atoms with E-state index in [4.69, 9.17) is 9.47 Å². The topological polar surface area (TPSA) is 86.0 Å². The van der Waals surface area contributed by atoms with Crippen molar-refractivity contribution >= 4 is 15.7 Å². The molecule has 0 radical (unpaired) electrons. The maximum atomic E-state index is 13.5. The van der Waals surface area contributed by atoms with E-state index in [-0.39, 0.29) is 16.7 Å². The predicted molar refractivity (Wildman–Crippen MR) is 98.4 cm³/mol. The minimum absolute atomic E-state index is 0.0880. The van der Waals surface area contributed by atoms with Crippen molar-refractivity contribution in [3.8, 4) is 11.5 Å². The molecule has 9 heteroatoms. The van der Waals surface area contributed by atoms with Gasteiger partial charge >= 0.3 is 0 Å². The molecule has 1 aromatic carbocycles. The fraction of sp³-hybridized carbons (Fsp3) is 0.333. The first-order valence-electron chi connectivity index (χ1n) is 8.60. The van der Waals surface area contributed by atoms with E-state index in [9.17, 15) is 8.42 Å². The van der Waals surface area contributed by atoms with Gasteiger partial charge in [-0.2, -0.15) is 4.31 Å². The van der Waals surface area contributed by atoms with E-state index in [1.54, 1.807) is 12.1 Å². The van der Waals surface area contributed by atoms with Crippen molar-refractivity contribution in [3.05, 3.63) is 48.4 Å². The predicted octanol–water partition coefficient (Wildman–Crippen LogP) is 2.27. The number of pyridine rings is 1. The fourth-order valence-electron chi connectivity index (χ4n) is 3.48. The molecule has 3 heterocycles. The van der Waals surface area contributed by atoms with Gasteiger partial charge in [0.15, 0.2) is 11.5 Å². The van der Waals surface area contributed by atoms with E-state index in [1.807, 2.05) is 28.8 Å². The normalized spacial score (nSPS) is 18.1. The second kappa shape index (κ2) is 6.82. The van der Waals surface area contributed by atoms with Crippen LogP contribution in [-0.4, -0.2) is 48.1 Å². The van der Waals surface area contributed by atoms with Crippen LogP contribution < -0.4 is 9.47 Å². The third kappa shape index (κ3) is 2.92. The third-order valence-corrected chi connectivity index (χ3v) is 6.73. The Bertz CT molecular complexity index is 1080. The van der Waals surface area contributed by atoms with Crippen molar-refractivity contribution in [1.82, 2.24) is 18.9 Å². The highest BCUT2D eigenvalue weighted by Crippen LogP contribution is 2.39. The highest BCUT2D eigenvalue weighted by molar-refractivity contribution is 7.89. The smallest absolute Gasteiger partial charge is 0.247 e. The van der Waals surface area contributed by atoms with E-state index >= 15 is 0 Å². The number of methoxy groups -OCH3 is 2. The van der Waals surface area contributed by atoms with Crippen molar-refractivity contribution in [2.75, 3.05) is 20.8 Å². The summed E-state index contributed by atoms with van der Waals surface area (Å²) < 4.78 is 40.7. The monoisotopic (exact) mass is 388 g/mol. The summed E-state index contributed by atoms with van der Waals surface area (Å²) in [4.78, 5) is 0.0880. The van der Waals surface area contributed by atoms with Gasteiger partial charge in [-0.15, -0.1) is 10.2 Å². The van der Waals surface area contributed by atoms with Gasteiger partial charge in [-0.1, -0.05) is 6.07 Å². The number of benzene rings is 1. The van der Waals surface area contributed by atoms with Crippen LogP contribution in [0.2, 0.25) is 0 Å². The zero-order valence-corrected chi connectivity index (χ0v) is 15.9. The molecular formula is C18H20N4O4S. The average molecular weight is 388 g/mol. The maximum absolute atomic E-state index is 13.5. The second-order valence-corrected chi connectivity index (χ2v) is 8.14. The van der Waals surface area contributed by atoms with E-state index in [0.29, 0.717) is 30.2 Å². The Balaban J connectivity index is 1.80. The first-order valence-corrected chi connectivity index (χ1v) is 10.0. The Morgan fingerprint density at radius 2 is 1.96 bits per heavy atom. The van der Waals surface area contributed by atoms with Crippen molar-refractivity contribution < 1.29 is 17.9 Å². The molecule has 0 N–H and O–H groups in total. The molecule has 0 bridgehead atoms. The number of ether oxygens (including phenoxy) is 2. The number of sulfonamides is 1. The van der Waals surface area contributed by atoms with Crippen LogP contribution in [0.1, 0.15) is 24.7 Å². The lowest BCUT2D eigenvalue weighted by Gasteiger charge is -2.24. The van der Waals surface area contributed by atoms with Gasteiger partial charge < -0.3 is 9.47 Å². The lowest BCUT2D eigenvalue weighted by molar-refractivity contribution is 0.368. The maximum Gasteiger partial charge on any atom is 0.247 e. The Morgan fingerprint density at radius 3 is 2.74 bits per heavy atom. The SMILES string of the molecule is COc1ccc(OC)c(S(=O)(=O)N2CCC[C@@H]2c2nnc3ccccn23)c1. The van der Waals surface area contributed by atoms with Gasteiger partial charge in [0.05, 0.1) is 20.3 Å². The van der Waals surface area contributed by atoms with Crippen LogP contribution in [0.25, 0.3) is 5.65 Å². The Hall–Kier alpha value is -2.65. The first-order chi connectivity index (χ1) is 13.1. The molecule has 1 atom stereocenters. The molecule has 1 aliphatic rings. The zero-order chi connectivity index (χ0) is 19.0. The molecule has 27 heavy (non-hydrogen) atoms. The second-order valence-electron chi connectivity index (χ2n) is 6.28. The van der Waals surface area contributed by atoms with E-state index in [0.717, 1.165) is 6.42 Å². The summed E-state index contributed by atoms with van der Waals surface area (Å²) in [5.41, 5.74) is 0.690. The van der Waals surface area contributed by atoms with Crippen LogP contribution in [0, 0.1) is 0 Å². The molecule has 2 aromatic heterocycles. The van der Waals surface area contributed by atoms with Crippen molar-refractivity contribution in [2.24, 2.45) is 0 Å². The molecule has 0 aliphatic carbocycles. The lowest BCUT2D eigenvalue weighted by atomic mass is 10.2. The summed E-state index contributed by atoms with van der Waals surface area (Å²) in [5.74, 6) is 1.36. The largest absolute Gasteiger partial charge is 0.497 e. The van der Waals surface area contributed by atoms with Crippen molar-refractivity contribution in [3.63, 3.8) is 0 Å². The first kappa shape index (κ1) is 17.7. The summed E-state index contributed by atoms with van der Waals surface area (Å²) in [6.45, 7) is 0.412. The molecule has 8 nitrogen and oxygen atoms in total. The van der Waals surface area contributed by atoms with Gasteiger partial charge in [-0.05, 0) is 37.1 Å². The van der Waals surface area contributed by atoms with Gasteiger partial charge in [0.2, 0.25) is 10.0 Å². The Morgan fingerprint density at radius 1 is 1.11 bits per heavy atom. The van der Waals surface area contributed by atoms with Gasteiger partial charge in [0, 0.05) is 18.8 Å². The molecular weight excluding hydrogens is 368 g/mol. The van der Waals surface area contributed by atoms with Crippen LogP contribution in [0.3, 0.4) is 0 Å². The van der Waals surface area contributed by atoms with Crippen LogP contribution in [-0.2, 0) is 10.0 Å². The highest BCUT2D eigenvalue weighted by Gasteiger charge is 2.40. The number of hydrogen-bond acceptors (Lipinski definition) is 6. The van der Waals surface area contributed by atoms with E-state index in [2.05, 4.69) is 10.2 Å². The quantitative estimate of drug-likeness (QED) is 0.666. The summed E-state index contributed by atoms with van der Waals surface area (Å²) in [7, 11) is -0.859. The molecule has 1 aliphatic heterocycles. The highest BCUT2D eigenvalue weighted by atomic mass is 32.2. The van der Waals surface area contributed by atoms with Crippen molar-refractivity contribution in [2.45, 2.75) is 23.8 Å². The van der Waals surface area contributed by atoms with E-state index in [1.165, 1.54) is 24.6 Å². The molecule has 0 amide bonds. The zero-order valence-electron chi connectivity index (χ0n) is 15.1. The molecule has 4 rings (SSSR count). The Kier molecular flexibility index (Phi) is 4.48. The van der Waals surface area contributed by atoms with Crippen LogP contribution in [0.5, 0.6) is 11.5 Å². The van der Waals surface area contributed by atoms with E-state index < -0.39 is 10.0 Å². The minimum atomic E-state index is -3.81. The van der Waals surface area contributed by atoms with Gasteiger partial charge in [0.25, 0.3) is 0 Å². The average Bonchev–Trinajstić information content (AvgIpc) is 3.34. The molecule has 142 valence electrons. The molecule has 1 fully saturated rings. The van der Waals surface area contributed by atoms with Gasteiger partial charge in [0.1, 0.15) is 16.4 Å².